The molecule has 0 radical (unpaired) electrons. The summed E-state index contributed by atoms with van der Waals surface area (Å²) in [6, 6.07) is 4.35. The Morgan fingerprint density at radius 1 is 1.25 bits per heavy atom. The number of anilines is 2. The van der Waals surface area contributed by atoms with Crippen molar-refractivity contribution in [3.63, 3.8) is 0 Å². The first-order valence-corrected chi connectivity index (χ1v) is 9.90. The summed E-state index contributed by atoms with van der Waals surface area (Å²) < 4.78 is 14.4. The van der Waals surface area contributed by atoms with Gasteiger partial charge in [0.15, 0.2) is 5.13 Å². The smallest absolute Gasteiger partial charge is 0.231 e. The van der Waals surface area contributed by atoms with Crippen LogP contribution in [0.3, 0.4) is 0 Å². The minimum Gasteiger partial charge on any atom is -0.327 e. The number of thiazole rings is 1. The molecule has 4 N–H and O–H groups in total. The normalized spacial score (nSPS) is 25.2. The molecule has 2 aliphatic rings. The van der Waals surface area contributed by atoms with Gasteiger partial charge in [-0.05, 0) is 49.3 Å². The van der Waals surface area contributed by atoms with Gasteiger partial charge in [0.2, 0.25) is 11.8 Å². The van der Waals surface area contributed by atoms with Crippen LogP contribution in [-0.4, -0.2) is 22.8 Å². The van der Waals surface area contributed by atoms with Gasteiger partial charge in [0.1, 0.15) is 5.82 Å². The number of fused-ring (bicyclic) bond motifs is 2. The first-order chi connectivity index (χ1) is 12.9. The van der Waals surface area contributed by atoms with Gasteiger partial charge in [-0.2, -0.15) is 0 Å². The fourth-order valence-corrected chi connectivity index (χ4v) is 5.09. The number of halogens is 2. The van der Waals surface area contributed by atoms with Crippen LogP contribution in [0.5, 0.6) is 0 Å². The maximum Gasteiger partial charge on any atom is 0.231 e. The van der Waals surface area contributed by atoms with E-state index in [0.717, 1.165) is 19.3 Å². The summed E-state index contributed by atoms with van der Waals surface area (Å²) in [5.41, 5.74) is 7.37. The van der Waals surface area contributed by atoms with Crippen LogP contribution in [0.4, 0.5) is 15.2 Å². The molecule has 4 rings (SSSR count). The largest absolute Gasteiger partial charge is 0.327 e. The molecule has 0 spiro atoms. The van der Waals surface area contributed by atoms with Crippen molar-refractivity contribution in [2.45, 2.75) is 32.2 Å². The molecular weight excluding hydrogens is 403 g/mol. The molecule has 0 saturated heterocycles. The number of hydrogen-bond donors (Lipinski definition) is 3. The number of carbonyl (C=O) groups excluding carboxylic acids is 2. The summed E-state index contributed by atoms with van der Waals surface area (Å²) in [6.07, 6.45) is 3.21. The fourth-order valence-electron chi connectivity index (χ4n) is 4.37. The van der Waals surface area contributed by atoms with E-state index in [1.54, 1.807) is 17.5 Å². The summed E-state index contributed by atoms with van der Waals surface area (Å²) in [5.74, 6) is -0.182. The Labute approximate surface area is 172 Å². The van der Waals surface area contributed by atoms with Crippen LogP contribution in [0.15, 0.2) is 23.6 Å². The third-order valence-corrected chi connectivity index (χ3v) is 6.34. The number of benzene rings is 1. The fraction of sp³-hybridized carbons (Fsp3) is 0.421. The maximum absolute atomic E-state index is 14.4. The number of nitrogens with zero attached hydrogens (tertiary/aromatic N) is 1. The van der Waals surface area contributed by atoms with Gasteiger partial charge in [0.25, 0.3) is 0 Å². The highest BCUT2D eigenvalue weighted by atomic mass is 35.5. The Hall–Kier alpha value is -2.03. The van der Waals surface area contributed by atoms with E-state index in [4.69, 9.17) is 5.73 Å². The molecule has 4 unspecified atom stereocenters. The molecule has 2 aromatic rings. The standard InChI is InChI=1S/C19H21FN4O2S.ClH/c1-9(25)22-12-4-5-13(14(20)7-12)15-8-27-19(23-15)24-18(26)16-10-2-3-11(6-10)17(16)21;/h4-5,7-8,10-11,16-17H,2-3,6,21H2,1H3,(H,22,25)(H,23,24,26);1H. The van der Waals surface area contributed by atoms with Crippen molar-refractivity contribution in [3.8, 4) is 11.3 Å². The number of carbonyl (C=O) groups is 2. The monoisotopic (exact) mass is 424 g/mol. The summed E-state index contributed by atoms with van der Waals surface area (Å²) in [5, 5.41) is 7.54. The van der Waals surface area contributed by atoms with Crippen LogP contribution in [-0.2, 0) is 9.59 Å². The number of amides is 2. The van der Waals surface area contributed by atoms with E-state index >= 15 is 0 Å². The van der Waals surface area contributed by atoms with Crippen LogP contribution < -0.4 is 16.4 Å². The minimum atomic E-state index is -0.487. The highest BCUT2D eigenvalue weighted by molar-refractivity contribution is 7.14. The number of aromatic nitrogens is 1. The van der Waals surface area contributed by atoms with E-state index < -0.39 is 5.82 Å². The predicted octanol–water partition coefficient (Wildman–Crippen LogP) is 3.64. The molecule has 28 heavy (non-hydrogen) atoms. The third-order valence-electron chi connectivity index (χ3n) is 5.58. The lowest BCUT2D eigenvalue weighted by Gasteiger charge is -2.26. The summed E-state index contributed by atoms with van der Waals surface area (Å²) >= 11 is 1.26. The number of rotatable bonds is 4. The van der Waals surface area contributed by atoms with Crippen LogP contribution in [0.25, 0.3) is 11.3 Å². The summed E-state index contributed by atoms with van der Waals surface area (Å²) in [7, 11) is 0. The van der Waals surface area contributed by atoms with Crippen molar-refractivity contribution in [2.75, 3.05) is 10.6 Å². The van der Waals surface area contributed by atoms with Crippen molar-refractivity contribution in [1.29, 1.82) is 0 Å². The SMILES string of the molecule is CC(=O)Nc1ccc(-c2csc(NC(=O)C3C4CCC(C4)C3N)n2)c(F)c1.Cl. The Kier molecular flexibility index (Phi) is 6.02. The first-order valence-electron chi connectivity index (χ1n) is 9.02. The number of hydrogen-bond acceptors (Lipinski definition) is 5. The molecule has 2 amide bonds. The van der Waals surface area contributed by atoms with E-state index in [1.807, 2.05) is 0 Å². The average molecular weight is 425 g/mol. The molecule has 4 atom stereocenters. The molecule has 2 aliphatic carbocycles. The van der Waals surface area contributed by atoms with Gasteiger partial charge < -0.3 is 16.4 Å². The van der Waals surface area contributed by atoms with Crippen molar-refractivity contribution < 1.29 is 14.0 Å². The van der Waals surface area contributed by atoms with Crippen LogP contribution in [0.2, 0.25) is 0 Å². The molecule has 9 heteroatoms. The summed E-state index contributed by atoms with van der Waals surface area (Å²) in [4.78, 5) is 28.1. The third kappa shape index (κ3) is 3.90. The highest BCUT2D eigenvalue weighted by Crippen LogP contribution is 2.48. The molecule has 2 saturated carbocycles. The second-order valence-corrected chi connectivity index (χ2v) is 8.20. The lowest BCUT2D eigenvalue weighted by atomic mass is 9.84. The van der Waals surface area contributed by atoms with Crippen molar-refractivity contribution in [2.24, 2.45) is 23.5 Å². The van der Waals surface area contributed by atoms with Gasteiger partial charge in [-0.1, -0.05) is 0 Å². The Morgan fingerprint density at radius 2 is 2.00 bits per heavy atom. The second kappa shape index (κ2) is 8.14. The Bertz CT molecular complexity index is 904. The lowest BCUT2D eigenvalue weighted by molar-refractivity contribution is -0.121. The topological polar surface area (TPSA) is 97.1 Å². The zero-order valence-corrected chi connectivity index (χ0v) is 16.9. The lowest BCUT2D eigenvalue weighted by Crippen LogP contribution is -2.42. The van der Waals surface area contributed by atoms with Crippen molar-refractivity contribution >= 4 is 46.4 Å². The van der Waals surface area contributed by atoms with Gasteiger partial charge in [-0.25, -0.2) is 9.37 Å². The van der Waals surface area contributed by atoms with E-state index in [2.05, 4.69) is 15.6 Å². The van der Waals surface area contributed by atoms with E-state index in [1.165, 1.54) is 24.3 Å². The minimum absolute atomic E-state index is 0. The number of nitrogens with two attached hydrogens (primary N) is 1. The Morgan fingerprint density at radius 3 is 2.64 bits per heavy atom. The van der Waals surface area contributed by atoms with Crippen molar-refractivity contribution in [3.05, 3.63) is 29.4 Å². The zero-order chi connectivity index (χ0) is 19.1. The molecule has 2 bridgehead atoms. The van der Waals surface area contributed by atoms with Gasteiger partial charge >= 0.3 is 0 Å². The highest BCUT2D eigenvalue weighted by Gasteiger charge is 2.49. The van der Waals surface area contributed by atoms with Crippen LogP contribution in [0, 0.1) is 23.6 Å². The molecule has 1 heterocycles. The average Bonchev–Trinajstić information content (AvgIpc) is 3.30. The molecule has 6 nitrogen and oxygen atoms in total. The first kappa shape index (κ1) is 20.7. The van der Waals surface area contributed by atoms with E-state index in [-0.39, 0.29) is 36.2 Å². The summed E-state index contributed by atoms with van der Waals surface area (Å²) in [6.45, 7) is 1.36. The Balaban J connectivity index is 0.00000225. The van der Waals surface area contributed by atoms with Crippen molar-refractivity contribution in [1.82, 2.24) is 4.98 Å². The quantitative estimate of drug-likeness (QED) is 0.697. The molecule has 150 valence electrons. The van der Waals surface area contributed by atoms with Gasteiger partial charge in [-0.15, -0.1) is 23.7 Å². The predicted molar refractivity (Wildman–Crippen MR) is 110 cm³/mol. The van der Waals surface area contributed by atoms with E-state index in [9.17, 15) is 14.0 Å². The number of nitrogens with one attached hydrogen (secondary N) is 2. The molecule has 0 aliphatic heterocycles. The zero-order valence-electron chi connectivity index (χ0n) is 15.3. The van der Waals surface area contributed by atoms with Gasteiger partial charge in [-0.3, -0.25) is 9.59 Å². The molecule has 2 fully saturated rings. The molecular formula is C19H22ClFN4O2S. The van der Waals surface area contributed by atoms with Gasteiger partial charge in [0.05, 0.1) is 11.6 Å². The van der Waals surface area contributed by atoms with E-state index in [0.29, 0.717) is 33.9 Å². The van der Waals surface area contributed by atoms with Crippen LogP contribution >= 0.6 is 23.7 Å². The van der Waals surface area contributed by atoms with Gasteiger partial charge in [0, 0.05) is 29.6 Å². The molecule has 1 aromatic carbocycles. The molecule has 1 aromatic heterocycles. The van der Waals surface area contributed by atoms with Crippen LogP contribution in [0.1, 0.15) is 26.2 Å². The maximum atomic E-state index is 14.4. The second-order valence-electron chi connectivity index (χ2n) is 7.34.